The van der Waals surface area contributed by atoms with E-state index < -0.39 is 0 Å². The van der Waals surface area contributed by atoms with Gasteiger partial charge in [-0.15, -0.1) is 10.2 Å². The second-order valence-electron chi connectivity index (χ2n) is 4.41. The quantitative estimate of drug-likeness (QED) is 0.874. The fraction of sp³-hybridized carbons (Fsp3) is 0.214. The molecule has 1 aromatic carbocycles. The average Bonchev–Trinajstić information content (AvgIpc) is 2.84. The van der Waals surface area contributed by atoms with Gasteiger partial charge in [0.2, 0.25) is 5.91 Å². The van der Waals surface area contributed by atoms with Crippen LogP contribution in [0.5, 0.6) is 0 Å². The molecule has 102 valence electrons. The lowest BCUT2D eigenvalue weighted by molar-refractivity contribution is -0.116. The number of halogens is 1. The molecule has 6 heteroatoms. The molecule has 1 aromatic heterocycles. The van der Waals surface area contributed by atoms with Gasteiger partial charge in [-0.3, -0.25) is 4.79 Å². The van der Waals surface area contributed by atoms with Crippen LogP contribution in [-0.2, 0) is 4.79 Å². The molecule has 1 atom stereocenters. The number of hydrogen-bond donors (Lipinski definition) is 0. The third-order valence-electron chi connectivity index (χ3n) is 3.09. The van der Waals surface area contributed by atoms with Crippen LogP contribution < -0.4 is 4.90 Å². The van der Waals surface area contributed by atoms with Gasteiger partial charge in [-0.05, 0) is 30.7 Å². The first-order valence-corrected chi connectivity index (χ1v) is 7.52. The standard InChI is InChI=1S/C14H12ClN3OS/c15-12-6-7-13(17-16-12)20-11-8-9-18(14(11)19)10-4-2-1-3-5-10/h1-7,11H,8-9H2/t11-/m0/s1. The fourth-order valence-electron chi connectivity index (χ4n) is 2.14. The van der Waals surface area contributed by atoms with Gasteiger partial charge in [0.05, 0.1) is 5.25 Å². The number of nitrogens with zero attached hydrogens (tertiary/aromatic N) is 3. The maximum absolute atomic E-state index is 12.4. The number of hydrogen-bond acceptors (Lipinski definition) is 4. The first-order chi connectivity index (χ1) is 9.74. The number of carbonyl (C=O) groups is 1. The van der Waals surface area contributed by atoms with Crippen LogP contribution in [0.1, 0.15) is 6.42 Å². The Morgan fingerprint density at radius 1 is 1.15 bits per heavy atom. The topological polar surface area (TPSA) is 46.1 Å². The van der Waals surface area contributed by atoms with E-state index in [-0.39, 0.29) is 11.2 Å². The maximum atomic E-state index is 12.4. The number of para-hydroxylation sites is 1. The lowest BCUT2D eigenvalue weighted by Crippen LogP contribution is -2.27. The Kier molecular flexibility index (Phi) is 3.89. The lowest BCUT2D eigenvalue weighted by Gasteiger charge is -2.16. The van der Waals surface area contributed by atoms with Crippen molar-refractivity contribution in [3.8, 4) is 0 Å². The molecule has 0 N–H and O–H groups in total. The van der Waals surface area contributed by atoms with E-state index in [1.807, 2.05) is 35.2 Å². The van der Waals surface area contributed by atoms with Crippen LogP contribution in [0.4, 0.5) is 5.69 Å². The number of aromatic nitrogens is 2. The molecule has 0 saturated carbocycles. The summed E-state index contributed by atoms with van der Waals surface area (Å²) >= 11 is 7.15. The van der Waals surface area contributed by atoms with Crippen LogP contribution in [0.3, 0.4) is 0 Å². The van der Waals surface area contributed by atoms with E-state index in [1.54, 1.807) is 12.1 Å². The summed E-state index contributed by atoms with van der Waals surface area (Å²) in [6.07, 6.45) is 0.808. The summed E-state index contributed by atoms with van der Waals surface area (Å²) in [5.41, 5.74) is 0.947. The van der Waals surface area contributed by atoms with E-state index in [9.17, 15) is 4.79 Å². The van der Waals surface area contributed by atoms with Crippen LogP contribution in [0.15, 0.2) is 47.5 Å². The zero-order valence-electron chi connectivity index (χ0n) is 10.6. The second kappa shape index (κ2) is 5.81. The molecule has 1 aliphatic rings. The summed E-state index contributed by atoms with van der Waals surface area (Å²) in [5, 5.41) is 8.76. The highest BCUT2D eigenvalue weighted by atomic mass is 35.5. The molecule has 20 heavy (non-hydrogen) atoms. The first-order valence-electron chi connectivity index (χ1n) is 6.26. The molecule has 2 heterocycles. The van der Waals surface area contributed by atoms with Crippen molar-refractivity contribution in [1.29, 1.82) is 0 Å². The zero-order valence-corrected chi connectivity index (χ0v) is 12.1. The van der Waals surface area contributed by atoms with Crippen LogP contribution >= 0.6 is 23.4 Å². The zero-order chi connectivity index (χ0) is 13.9. The Labute approximate surface area is 126 Å². The number of thioether (sulfide) groups is 1. The highest BCUT2D eigenvalue weighted by Crippen LogP contribution is 2.32. The monoisotopic (exact) mass is 305 g/mol. The number of carbonyl (C=O) groups excluding carboxylic acids is 1. The van der Waals surface area contributed by atoms with Crippen LogP contribution in [0.25, 0.3) is 0 Å². The molecule has 2 aromatic rings. The predicted octanol–water partition coefficient (Wildman–Crippen LogP) is 3.03. The Morgan fingerprint density at radius 2 is 1.95 bits per heavy atom. The van der Waals surface area contributed by atoms with Crippen molar-refractivity contribution in [1.82, 2.24) is 10.2 Å². The van der Waals surface area contributed by atoms with Crippen LogP contribution in [0, 0.1) is 0 Å². The van der Waals surface area contributed by atoms with Crippen LogP contribution in [-0.4, -0.2) is 27.9 Å². The molecule has 1 amide bonds. The molecular formula is C14H12ClN3OS. The van der Waals surface area contributed by atoms with E-state index in [0.717, 1.165) is 23.7 Å². The van der Waals surface area contributed by atoms with Crippen molar-refractivity contribution in [2.24, 2.45) is 0 Å². The van der Waals surface area contributed by atoms with E-state index in [4.69, 9.17) is 11.6 Å². The minimum Gasteiger partial charge on any atom is -0.311 e. The van der Waals surface area contributed by atoms with Crippen molar-refractivity contribution in [3.63, 3.8) is 0 Å². The molecule has 0 unspecified atom stereocenters. The first kappa shape index (κ1) is 13.4. The van der Waals surface area contributed by atoms with Gasteiger partial charge in [-0.2, -0.15) is 0 Å². The summed E-state index contributed by atoms with van der Waals surface area (Å²) in [6.45, 7) is 0.738. The summed E-state index contributed by atoms with van der Waals surface area (Å²) in [5.74, 6) is 0.123. The molecule has 1 aliphatic heterocycles. The fourth-order valence-corrected chi connectivity index (χ4v) is 3.22. The summed E-state index contributed by atoms with van der Waals surface area (Å²) in [4.78, 5) is 14.2. The largest absolute Gasteiger partial charge is 0.311 e. The SMILES string of the molecule is O=C1[C@@H](Sc2ccc(Cl)nn2)CCN1c1ccccc1. The van der Waals surface area contributed by atoms with E-state index in [0.29, 0.717) is 5.15 Å². The summed E-state index contributed by atoms with van der Waals surface area (Å²) in [7, 11) is 0. The number of amides is 1. The maximum Gasteiger partial charge on any atom is 0.240 e. The van der Waals surface area contributed by atoms with Crippen molar-refractivity contribution < 1.29 is 4.79 Å². The minimum absolute atomic E-state index is 0.106. The van der Waals surface area contributed by atoms with E-state index in [1.165, 1.54) is 11.8 Å². The minimum atomic E-state index is -0.106. The average molecular weight is 306 g/mol. The van der Waals surface area contributed by atoms with Crippen molar-refractivity contribution in [3.05, 3.63) is 47.6 Å². The molecule has 4 nitrogen and oxygen atoms in total. The normalized spacial score (nSPS) is 18.6. The predicted molar refractivity (Wildman–Crippen MR) is 80.1 cm³/mol. The van der Waals surface area contributed by atoms with E-state index in [2.05, 4.69) is 10.2 Å². The van der Waals surface area contributed by atoms with Crippen molar-refractivity contribution >= 4 is 35.0 Å². The molecular weight excluding hydrogens is 294 g/mol. The highest BCUT2D eigenvalue weighted by Gasteiger charge is 2.33. The molecule has 0 radical (unpaired) electrons. The van der Waals surface area contributed by atoms with Crippen LogP contribution in [0.2, 0.25) is 5.15 Å². The third kappa shape index (κ3) is 2.78. The summed E-state index contributed by atoms with van der Waals surface area (Å²) < 4.78 is 0. The number of rotatable bonds is 3. The van der Waals surface area contributed by atoms with Gasteiger partial charge in [0.25, 0.3) is 0 Å². The second-order valence-corrected chi connectivity index (χ2v) is 6.03. The Hall–Kier alpha value is -1.59. The van der Waals surface area contributed by atoms with Gasteiger partial charge < -0.3 is 4.90 Å². The van der Waals surface area contributed by atoms with Gasteiger partial charge in [-0.25, -0.2) is 0 Å². The smallest absolute Gasteiger partial charge is 0.240 e. The lowest BCUT2D eigenvalue weighted by atomic mass is 10.3. The molecule has 1 saturated heterocycles. The highest BCUT2D eigenvalue weighted by molar-refractivity contribution is 8.00. The summed E-state index contributed by atoms with van der Waals surface area (Å²) in [6, 6.07) is 13.2. The Morgan fingerprint density at radius 3 is 2.65 bits per heavy atom. The van der Waals surface area contributed by atoms with Gasteiger partial charge in [0.15, 0.2) is 5.15 Å². The third-order valence-corrected chi connectivity index (χ3v) is 4.48. The molecule has 0 spiro atoms. The Bertz CT molecular complexity index is 606. The van der Waals surface area contributed by atoms with Gasteiger partial charge in [0.1, 0.15) is 5.03 Å². The molecule has 0 bridgehead atoms. The van der Waals surface area contributed by atoms with Gasteiger partial charge in [0, 0.05) is 12.2 Å². The number of anilines is 1. The van der Waals surface area contributed by atoms with Crippen molar-refractivity contribution in [2.45, 2.75) is 16.7 Å². The van der Waals surface area contributed by atoms with Gasteiger partial charge in [-0.1, -0.05) is 41.6 Å². The molecule has 3 rings (SSSR count). The van der Waals surface area contributed by atoms with Crippen molar-refractivity contribution in [2.75, 3.05) is 11.4 Å². The molecule has 1 fully saturated rings. The molecule has 0 aliphatic carbocycles. The Balaban J connectivity index is 1.71. The number of benzene rings is 1. The van der Waals surface area contributed by atoms with E-state index >= 15 is 0 Å². The van der Waals surface area contributed by atoms with Gasteiger partial charge >= 0.3 is 0 Å².